The predicted molar refractivity (Wildman–Crippen MR) is 88.6 cm³/mol. The molecule has 0 N–H and O–H groups in total. The first-order chi connectivity index (χ1) is 9.99. The lowest BCUT2D eigenvalue weighted by molar-refractivity contribution is 0.222. The van der Waals surface area contributed by atoms with Crippen LogP contribution in [0.1, 0.15) is 25.0 Å². The molecule has 21 heavy (non-hydrogen) atoms. The molecule has 5 heteroatoms. The fraction of sp³-hybridized carbons (Fsp3) is 0.500. The number of nitrogens with zero attached hydrogens (tertiary/aromatic N) is 1. The molecule has 1 aromatic carbocycles. The summed E-state index contributed by atoms with van der Waals surface area (Å²) in [6, 6.07) is 8.29. The van der Waals surface area contributed by atoms with Crippen molar-refractivity contribution in [3.8, 4) is 0 Å². The summed E-state index contributed by atoms with van der Waals surface area (Å²) in [5.41, 5.74) is 2.34. The van der Waals surface area contributed by atoms with Crippen molar-refractivity contribution in [2.45, 2.75) is 20.4 Å². The SMILES string of the molecule is CCOP(=O)(C/C=C/c1cccc(CN(C)C)c1)OCC. The van der Waals surface area contributed by atoms with E-state index in [1.165, 1.54) is 5.56 Å². The lowest BCUT2D eigenvalue weighted by Crippen LogP contribution is -2.10. The molecule has 0 aliphatic heterocycles. The molecule has 0 saturated heterocycles. The van der Waals surface area contributed by atoms with E-state index in [1.807, 2.05) is 52.2 Å². The Labute approximate surface area is 128 Å². The summed E-state index contributed by atoms with van der Waals surface area (Å²) >= 11 is 0. The molecule has 0 spiro atoms. The number of rotatable bonds is 9. The smallest absolute Gasteiger partial charge is 0.309 e. The molecule has 1 rings (SSSR count). The number of benzene rings is 1. The zero-order valence-electron chi connectivity index (χ0n) is 13.4. The highest BCUT2D eigenvalue weighted by molar-refractivity contribution is 7.54. The number of allylic oxidation sites excluding steroid dienone is 1. The Morgan fingerprint density at radius 1 is 1.19 bits per heavy atom. The molecule has 118 valence electrons. The second kappa shape index (κ2) is 9.16. The van der Waals surface area contributed by atoms with E-state index in [1.54, 1.807) is 0 Å². The molecular formula is C16H26NO3P. The maximum Gasteiger partial charge on any atom is 0.334 e. The molecule has 0 radical (unpaired) electrons. The van der Waals surface area contributed by atoms with Gasteiger partial charge in [-0.05, 0) is 39.1 Å². The van der Waals surface area contributed by atoms with Gasteiger partial charge in [-0.3, -0.25) is 4.57 Å². The van der Waals surface area contributed by atoms with Gasteiger partial charge in [0.25, 0.3) is 0 Å². The quantitative estimate of drug-likeness (QED) is 0.646. The van der Waals surface area contributed by atoms with E-state index in [-0.39, 0.29) is 0 Å². The van der Waals surface area contributed by atoms with Gasteiger partial charge < -0.3 is 13.9 Å². The van der Waals surface area contributed by atoms with Crippen molar-refractivity contribution < 1.29 is 13.6 Å². The molecule has 0 aromatic heterocycles. The second-order valence-corrected chi connectivity index (χ2v) is 7.12. The molecule has 0 saturated carbocycles. The highest BCUT2D eigenvalue weighted by Crippen LogP contribution is 2.47. The van der Waals surface area contributed by atoms with Crippen LogP contribution in [0.15, 0.2) is 30.3 Å². The van der Waals surface area contributed by atoms with E-state index in [4.69, 9.17) is 9.05 Å². The second-order valence-electron chi connectivity index (χ2n) is 5.01. The third-order valence-corrected chi connectivity index (χ3v) is 4.70. The molecule has 0 bridgehead atoms. The lowest BCUT2D eigenvalue weighted by Gasteiger charge is -2.14. The summed E-state index contributed by atoms with van der Waals surface area (Å²) < 4.78 is 22.8. The topological polar surface area (TPSA) is 38.8 Å². The molecule has 0 fully saturated rings. The summed E-state index contributed by atoms with van der Waals surface area (Å²) in [7, 11) is 1.10. The number of hydrogen-bond acceptors (Lipinski definition) is 4. The Bertz CT molecular complexity index is 490. The van der Waals surface area contributed by atoms with Crippen LogP contribution in [-0.4, -0.2) is 38.4 Å². The summed E-state index contributed by atoms with van der Waals surface area (Å²) in [4.78, 5) is 2.13. The first kappa shape index (κ1) is 18.1. The normalized spacial score (nSPS) is 12.4. The van der Waals surface area contributed by atoms with E-state index >= 15 is 0 Å². The van der Waals surface area contributed by atoms with Gasteiger partial charge in [0.2, 0.25) is 0 Å². The van der Waals surface area contributed by atoms with Crippen LogP contribution in [0, 0.1) is 0 Å². The van der Waals surface area contributed by atoms with Gasteiger partial charge in [-0.1, -0.05) is 36.4 Å². The number of hydrogen-bond donors (Lipinski definition) is 0. The van der Waals surface area contributed by atoms with Gasteiger partial charge in [-0.25, -0.2) is 0 Å². The van der Waals surface area contributed by atoms with Crippen LogP contribution in [0.2, 0.25) is 0 Å². The molecule has 0 aliphatic carbocycles. The van der Waals surface area contributed by atoms with E-state index in [9.17, 15) is 4.57 Å². The monoisotopic (exact) mass is 311 g/mol. The van der Waals surface area contributed by atoms with Crippen molar-refractivity contribution in [1.82, 2.24) is 4.90 Å². The van der Waals surface area contributed by atoms with Crippen LogP contribution in [0.5, 0.6) is 0 Å². The maximum atomic E-state index is 12.3. The van der Waals surface area contributed by atoms with Crippen molar-refractivity contribution in [3.63, 3.8) is 0 Å². The average Bonchev–Trinajstić information content (AvgIpc) is 2.38. The van der Waals surface area contributed by atoms with Crippen molar-refractivity contribution in [1.29, 1.82) is 0 Å². The van der Waals surface area contributed by atoms with Gasteiger partial charge in [0, 0.05) is 6.54 Å². The highest BCUT2D eigenvalue weighted by Gasteiger charge is 2.20. The van der Waals surface area contributed by atoms with Gasteiger partial charge in [0.05, 0.1) is 19.4 Å². The van der Waals surface area contributed by atoms with E-state index in [0.29, 0.717) is 19.4 Å². The summed E-state index contributed by atoms with van der Waals surface area (Å²) in [6.07, 6.45) is 4.12. The van der Waals surface area contributed by atoms with Gasteiger partial charge in [-0.15, -0.1) is 0 Å². The Morgan fingerprint density at radius 2 is 1.86 bits per heavy atom. The first-order valence-electron chi connectivity index (χ1n) is 7.27. The van der Waals surface area contributed by atoms with Crippen LogP contribution >= 0.6 is 7.60 Å². The van der Waals surface area contributed by atoms with Crippen LogP contribution in [0.3, 0.4) is 0 Å². The standard InChI is InChI=1S/C16H26NO3P/c1-5-19-21(18,20-6-2)12-8-11-15-9-7-10-16(13-15)14-17(3)4/h7-11,13H,5-6,12,14H2,1-4H3/b11-8+. The fourth-order valence-corrected chi connectivity index (χ4v) is 3.45. The zero-order chi connectivity index (χ0) is 15.7. The Morgan fingerprint density at radius 3 is 2.43 bits per heavy atom. The molecule has 0 heterocycles. The third kappa shape index (κ3) is 7.05. The maximum absolute atomic E-state index is 12.3. The molecule has 0 unspecified atom stereocenters. The van der Waals surface area contributed by atoms with Crippen LogP contribution in [0.25, 0.3) is 6.08 Å². The average molecular weight is 311 g/mol. The minimum absolute atomic E-state index is 0.298. The van der Waals surface area contributed by atoms with Crippen molar-refractivity contribution >= 4 is 13.7 Å². The Kier molecular flexibility index (Phi) is 7.91. The summed E-state index contributed by atoms with van der Waals surface area (Å²) in [5, 5.41) is 0. The van der Waals surface area contributed by atoms with E-state index < -0.39 is 7.60 Å². The van der Waals surface area contributed by atoms with Gasteiger partial charge >= 0.3 is 7.60 Å². The van der Waals surface area contributed by atoms with Crippen LogP contribution in [-0.2, 0) is 20.2 Å². The minimum Gasteiger partial charge on any atom is -0.309 e. The Hall–Kier alpha value is -0.930. The van der Waals surface area contributed by atoms with E-state index in [0.717, 1.165) is 12.1 Å². The van der Waals surface area contributed by atoms with E-state index in [2.05, 4.69) is 17.0 Å². The minimum atomic E-state index is -2.99. The van der Waals surface area contributed by atoms with Crippen LogP contribution < -0.4 is 0 Å². The molecular weight excluding hydrogens is 285 g/mol. The largest absolute Gasteiger partial charge is 0.334 e. The van der Waals surface area contributed by atoms with Crippen LogP contribution in [0.4, 0.5) is 0 Å². The first-order valence-corrected chi connectivity index (χ1v) is 9.00. The molecule has 4 nitrogen and oxygen atoms in total. The Balaban J connectivity index is 2.69. The molecule has 0 aliphatic rings. The van der Waals surface area contributed by atoms with Crippen molar-refractivity contribution in [3.05, 3.63) is 41.5 Å². The fourth-order valence-electron chi connectivity index (χ4n) is 2.01. The van der Waals surface area contributed by atoms with Crippen molar-refractivity contribution in [2.75, 3.05) is 33.5 Å². The molecule has 0 amide bonds. The summed E-state index contributed by atoms with van der Waals surface area (Å²) in [5.74, 6) is 0. The third-order valence-electron chi connectivity index (χ3n) is 2.74. The predicted octanol–water partition coefficient (Wildman–Crippen LogP) is 4.03. The van der Waals surface area contributed by atoms with Crippen molar-refractivity contribution in [2.24, 2.45) is 0 Å². The van der Waals surface area contributed by atoms with Gasteiger partial charge in [-0.2, -0.15) is 0 Å². The lowest BCUT2D eigenvalue weighted by atomic mass is 10.1. The van der Waals surface area contributed by atoms with Gasteiger partial charge in [0.15, 0.2) is 0 Å². The van der Waals surface area contributed by atoms with Gasteiger partial charge in [0.1, 0.15) is 0 Å². The highest BCUT2D eigenvalue weighted by atomic mass is 31.2. The molecule has 1 aromatic rings. The summed E-state index contributed by atoms with van der Waals surface area (Å²) in [6.45, 7) is 5.32. The zero-order valence-corrected chi connectivity index (χ0v) is 14.3. The molecule has 0 atom stereocenters.